The quantitative estimate of drug-likeness (QED) is 0.501. The Labute approximate surface area is 82.0 Å². The molecule has 3 N–H and O–H groups in total. The molecule has 1 heterocycles. The van der Waals surface area contributed by atoms with Crippen LogP contribution >= 0.6 is 0 Å². The maximum Gasteiger partial charge on any atom is 0.186 e. The summed E-state index contributed by atoms with van der Waals surface area (Å²) >= 11 is 0. The van der Waals surface area contributed by atoms with Gasteiger partial charge in [0.25, 0.3) is 0 Å². The van der Waals surface area contributed by atoms with Crippen molar-refractivity contribution in [1.29, 1.82) is 0 Å². The van der Waals surface area contributed by atoms with Crippen LogP contribution in [0.4, 0.5) is 0 Å². The summed E-state index contributed by atoms with van der Waals surface area (Å²) in [6, 6.07) is 0. The van der Waals surface area contributed by atoms with Crippen LogP contribution in [-0.4, -0.2) is 66.9 Å². The summed E-state index contributed by atoms with van der Waals surface area (Å²) in [6.45, 7) is 0.130. The Morgan fingerprint density at radius 3 is 2.21 bits per heavy atom. The molecular weight excluding hydrogens is 192 g/mol. The number of methoxy groups -OCH3 is 2. The molecule has 1 fully saturated rings. The topological polar surface area (TPSA) is 88.4 Å². The fourth-order valence-corrected chi connectivity index (χ4v) is 1.41. The Hall–Kier alpha value is -0.240. The third-order valence-electron chi connectivity index (χ3n) is 2.23. The van der Waals surface area contributed by atoms with Crippen molar-refractivity contribution >= 4 is 0 Å². The van der Waals surface area contributed by atoms with Gasteiger partial charge in [-0.1, -0.05) is 0 Å². The maximum atomic E-state index is 9.48. The van der Waals surface area contributed by atoms with Crippen molar-refractivity contribution in [3.63, 3.8) is 0 Å². The van der Waals surface area contributed by atoms with Crippen molar-refractivity contribution in [2.45, 2.75) is 30.7 Å². The van der Waals surface area contributed by atoms with Gasteiger partial charge in [-0.15, -0.1) is 0 Å². The molecule has 0 amide bonds. The van der Waals surface area contributed by atoms with E-state index in [1.165, 1.54) is 14.2 Å². The smallest absolute Gasteiger partial charge is 0.186 e. The van der Waals surface area contributed by atoms with E-state index in [1.807, 2.05) is 0 Å². The van der Waals surface area contributed by atoms with Crippen LogP contribution in [-0.2, 0) is 14.2 Å². The predicted octanol–water partition coefficient (Wildman–Crippen LogP) is -1.91. The molecule has 1 rings (SSSR count). The molecule has 6 nitrogen and oxygen atoms in total. The molecule has 0 aromatic carbocycles. The average Bonchev–Trinajstić information content (AvgIpc) is 2.19. The lowest BCUT2D eigenvalue weighted by Gasteiger charge is -2.39. The Morgan fingerprint density at radius 2 is 1.71 bits per heavy atom. The number of aliphatic hydroxyl groups excluding tert-OH is 3. The Balaban J connectivity index is 2.63. The fraction of sp³-hybridized carbons (Fsp3) is 1.00. The monoisotopic (exact) mass is 208 g/mol. The fourth-order valence-electron chi connectivity index (χ4n) is 1.41. The molecule has 0 radical (unpaired) electrons. The van der Waals surface area contributed by atoms with E-state index >= 15 is 0 Å². The first-order chi connectivity index (χ1) is 6.61. The zero-order valence-electron chi connectivity index (χ0n) is 8.16. The number of hydrogen-bond donors (Lipinski definition) is 3. The van der Waals surface area contributed by atoms with E-state index in [0.29, 0.717) is 0 Å². The molecule has 6 heteroatoms. The van der Waals surface area contributed by atoms with Crippen molar-refractivity contribution < 1.29 is 29.5 Å². The normalized spacial score (nSPS) is 43.9. The molecule has 84 valence electrons. The first-order valence-corrected chi connectivity index (χ1v) is 4.33. The molecule has 0 saturated carbocycles. The highest BCUT2D eigenvalue weighted by Crippen LogP contribution is 2.21. The minimum atomic E-state index is -1.28. The van der Waals surface area contributed by atoms with E-state index in [-0.39, 0.29) is 6.61 Å². The van der Waals surface area contributed by atoms with Crippen molar-refractivity contribution in [3.8, 4) is 0 Å². The van der Waals surface area contributed by atoms with Gasteiger partial charge < -0.3 is 29.5 Å². The summed E-state index contributed by atoms with van der Waals surface area (Å²) < 4.78 is 14.8. The minimum Gasteiger partial charge on any atom is -0.387 e. The van der Waals surface area contributed by atoms with Gasteiger partial charge in [-0.25, -0.2) is 0 Å². The molecule has 0 aromatic heterocycles. The summed E-state index contributed by atoms with van der Waals surface area (Å²) in [7, 11) is 2.80. The van der Waals surface area contributed by atoms with Gasteiger partial charge in [-0.05, 0) is 0 Å². The molecule has 0 aliphatic carbocycles. The minimum absolute atomic E-state index is 0.130. The third kappa shape index (κ3) is 2.22. The standard InChI is InChI=1S/C8H16O6/c1-12-3-4-5(9)6(10)7(11)8(13-2)14-4/h4-11H,3H2,1-2H3/t4-,5-,6+,7-,8?/m1/s1. The molecule has 1 saturated heterocycles. The van der Waals surface area contributed by atoms with Gasteiger partial charge in [-0.3, -0.25) is 0 Å². The maximum absolute atomic E-state index is 9.48. The van der Waals surface area contributed by atoms with E-state index in [4.69, 9.17) is 14.2 Å². The van der Waals surface area contributed by atoms with Gasteiger partial charge in [0, 0.05) is 14.2 Å². The molecular formula is C8H16O6. The first kappa shape index (κ1) is 11.8. The second-order valence-corrected chi connectivity index (χ2v) is 3.21. The first-order valence-electron chi connectivity index (χ1n) is 4.33. The lowest BCUT2D eigenvalue weighted by molar-refractivity contribution is -0.295. The second kappa shape index (κ2) is 5.01. The highest BCUT2D eigenvalue weighted by molar-refractivity contribution is 4.88. The van der Waals surface area contributed by atoms with Crippen molar-refractivity contribution in [1.82, 2.24) is 0 Å². The summed E-state index contributed by atoms with van der Waals surface area (Å²) in [5, 5.41) is 28.3. The number of hydrogen-bond acceptors (Lipinski definition) is 6. The van der Waals surface area contributed by atoms with E-state index in [9.17, 15) is 15.3 Å². The lowest BCUT2D eigenvalue weighted by atomic mass is 9.99. The highest BCUT2D eigenvalue weighted by Gasteiger charge is 2.43. The van der Waals surface area contributed by atoms with Crippen molar-refractivity contribution in [3.05, 3.63) is 0 Å². The summed E-state index contributed by atoms with van der Waals surface area (Å²) in [5.41, 5.74) is 0. The van der Waals surface area contributed by atoms with Gasteiger partial charge in [0.15, 0.2) is 6.29 Å². The summed E-state index contributed by atoms with van der Waals surface area (Å²) in [4.78, 5) is 0. The molecule has 1 unspecified atom stereocenters. The van der Waals surface area contributed by atoms with E-state index < -0.39 is 30.7 Å². The zero-order valence-corrected chi connectivity index (χ0v) is 8.16. The van der Waals surface area contributed by atoms with Crippen LogP contribution in [0.1, 0.15) is 0 Å². The van der Waals surface area contributed by atoms with Gasteiger partial charge in [-0.2, -0.15) is 0 Å². The van der Waals surface area contributed by atoms with E-state index in [2.05, 4.69) is 0 Å². The van der Waals surface area contributed by atoms with Crippen LogP contribution in [0.15, 0.2) is 0 Å². The van der Waals surface area contributed by atoms with Crippen LogP contribution in [0.2, 0.25) is 0 Å². The van der Waals surface area contributed by atoms with Crippen LogP contribution in [0, 0.1) is 0 Å². The SMILES string of the molecule is COC[C@H]1OC(OC)[C@H](O)[C@@H](O)[C@@H]1O. The van der Waals surface area contributed by atoms with Crippen molar-refractivity contribution in [2.75, 3.05) is 20.8 Å². The molecule has 0 bridgehead atoms. The van der Waals surface area contributed by atoms with E-state index in [1.54, 1.807) is 0 Å². The van der Waals surface area contributed by atoms with Crippen LogP contribution in [0.3, 0.4) is 0 Å². The molecule has 14 heavy (non-hydrogen) atoms. The Kier molecular flexibility index (Phi) is 4.24. The average molecular weight is 208 g/mol. The van der Waals surface area contributed by atoms with Gasteiger partial charge in [0.05, 0.1) is 6.61 Å². The highest BCUT2D eigenvalue weighted by atomic mass is 16.7. The summed E-state index contributed by atoms with van der Waals surface area (Å²) in [5.74, 6) is 0. The largest absolute Gasteiger partial charge is 0.387 e. The van der Waals surface area contributed by atoms with E-state index in [0.717, 1.165) is 0 Å². The van der Waals surface area contributed by atoms with Gasteiger partial charge >= 0.3 is 0 Å². The van der Waals surface area contributed by atoms with Gasteiger partial charge in [0.2, 0.25) is 0 Å². The van der Waals surface area contributed by atoms with Crippen LogP contribution in [0.25, 0.3) is 0 Å². The molecule has 1 aliphatic rings. The summed E-state index contributed by atoms with van der Waals surface area (Å²) in [6.07, 6.45) is -5.33. The molecule has 5 atom stereocenters. The number of rotatable bonds is 3. The molecule has 1 aliphatic heterocycles. The van der Waals surface area contributed by atoms with Crippen molar-refractivity contribution in [2.24, 2.45) is 0 Å². The Morgan fingerprint density at radius 1 is 1.07 bits per heavy atom. The van der Waals surface area contributed by atoms with Crippen LogP contribution < -0.4 is 0 Å². The third-order valence-corrected chi connectivity index (χ3v) is 2.23. The second-order valence-electron chi connectivity index (χ2n) is 3.21. The number of aliphatic hydroxyl groups is 3. The molecule has 0 spiro atoms. The lowest BCUT2D eigenvalue weighted by Crippen LogP contribution is -2.59. The zero-order chi connectivity index (χ0) is 10.7. The van der Waals surface area contributed by atoms with Crippen LogP contribution in [0.5, 0.6) is 0 Å². The van der Waals surface area contributed by atoms with Gasteiger partial charge in [0.1, 0.15) is 24.4 Å². The molecule has 0 aromatic rings. The predicted molar refractivity (Wildman–Crippen MR) is 45.6 cm³/mol. The number of ether oxygens (including phenoxy) is 3. The Bertz CT molecular complexity index is 171.